The Hall–Kier alpha value is -4.00. The molecule has 1 fully saturated rings. The normalized spacial score (nSPS) is 18.9. The number of ether oxygens (including phenoxy) is 1. The molecule has 2 aromatic rings. The number of aliphatic carboxylic acids is 3. The molecule has 12 nitrogen and oxygen atoms in total. The lowest BCUT2D eigenvalue weighted by Crippen LogP contribution is -2.50. The van der Waals surface area contributed by atoms with Crippen LogP contribution in [-0.2, 0) is 31.0 Å². The average Bonchev–Trinajstić information content (AvgIpc) is 3.33. The molecule has 232 valence electrons. The highest BCUT2D eigenvalue weighted by atomic mass is 16.5. The Morgan fingerprint density at radius 3 is 2.16 bits per heavy atom. The SMILES string of the molecule is O=C(CCN1CCC2(CCc3ccccc32)CC1)N1c2ccccc2OCC1CO.O=C(O)CC(O)(CC(=O)O)C(=O)O. The van der Waals surface area contributed by atoms with Crippen molar-refractivity contribution in [3.63, 3.8) is 0 Å². The van der Waals surface area contributed by atoms with Gasteiger partial charge in [0, 0.05) is 13.0 Å². The third kappa shape index (κ3) is 7.32. The Morgan fingerprint density at radius 2 is 1.53 bits per heavy atom. The van der Waals surface area contributed by atoms with Gasteiger partial charge in [0.25, 0.3) is 0 Å². The minimum atomic E-state index is -2.74. The summed E-state index contributed by atoms with van der Waals surface area (Å²) in [7, 11) is 0. The van der Waals surface area contributed by atoms with E-state index >= 15 is 0 Å². The Morgan fingerprint density at radius 1 is 0.907 bits per heavy atom. The number of carbonyl (C=O) groups excluding carboxylic acids is 1. The predicted octanol–water partition coefficient (Wildman–Crippen LogP) is 1.89. The summed E-state index contributed by atoms with van der Waals surface area (Å²) in [5.74, 6) is -4.23. The van der Waals surface area contributed by atoms with Crippen LogP contribution in [0.4, 0.5) is 5.69 Å². The number of aliphatic hydroxyl groups is 2. The lowest BCUT2D eigenvalue weighted by molar-refractivity contribution is -0.170. The van der Waals surface area contributed by atoms with Crippen molar-refractivity contribution < 1.29 is 49.4 Å². The standard InChI is InChI=1S/C25H30N2O3.C6H8O7/c28-17-20-18-30-23-8-4-3-7-22(23)27(20)24(29)10-14-26-15-12-25(13-16-26)11-9-19-5-1-2-6-21(19)25;7-3(8)1-6(13,5(11)12)2-4(9)10/h1-8,20,28H,9-18H2;13H,1-2H2,(H,7,8)(H,9,10)(H,11,12). The van der Waals surface area contributed by atoms with Gasteiger partial charge < -0.3 is 40.1 Å². The number of likely N-dealkylation sites (tertiary alicyclic amines) is 1. The molecule has 3 aliphatic rings. The highest BCUT2D eigenvalue weighted by Gasteiger charge is 2.42. The summed E-state index contributed by atoms with van der Waals surface area (Å²) < 4.78 is 5.72. The van der Waals surface area contributed by atoms with Crippen molar-refractivity contribution >= 4 is 29.5 Å². The summed E-state index contributed by atoms with van der Waals surface area (Å²) in [6, 6.07) is 16.2. The summed E-state index contributed by atoms with van der Waals surface area (Å²) in [6.07, 6.45) is 3.00. The van der Waals surface area contributed by atoms with Crippen LogP contribution in [-0.4, -0.2) is 98.7 Å². The van der Waals surface area contributed by atoms with Crippen molar-refractivity contribution in [3.05, 3.63) is 59.7 Å². The van der Waals surface area contributed by atoms with Crippen LogP contribution in [0.3, 0.4) is 0 Å². The van der Waals surface area contributed by atoms with Crippen LogP contribution in [0.15, 0.2) is 48.5 Å². The molecule has 1 spiro atoms. The van der Waals surface area contributed by atoms with Gasteiger partial charge in [-0.15, -0.1) is 0 Å². The molecule has 1 unspecified atom stereocenters. The van der Waals surface area contributed by atoms with Crippen LogP contribution >= 0.6 is 0 Å². The van der Waals surface area contributed by atoms with Crippen LogP contribution in [0.25, 0.3) is 0 Å². The zero-order chi connectivity index (χ0) is 31.2. The summed E-state index contributed by atoms with van der Waals surface area (Å²) in [4.78, 5) is 47.8. The van der Waals surface area contributed by atoms with Gasteiger partial charge in [-0.1, -0.05) is 36.4 Å². The second kappa shape index (κ2) is 13.5. The Kier molecular flexibility index (Phi) is 10.0. The van der Waals surface area contributed by atoms with E-state index in [1.165, 1.54) is 31.2 Å². The fraction of sp³-hybridized carbons (Fsp3) is 0.484. The number of benzene rings is 2. The first-order chi connectivity index (χ1) is 20.5. The van der Waals surface area contributed by atoms with E-state index in [0.29, 0.717) is 18.4 Å². The van der Waals surface area contributed by atoms with Crippen molar-refractivity contribution in [1.82, 2.24) is 4.90 Å². The topological polar surface area (TPSA) is 185 Å². The molecule has 2 aromatic carbocycles. The molecule has 1 atom stereocenters. The van der Waals surface area contributed by atoms with Gasteiger partial charge in [0.2, 0.25) is 5.91 Å². The molecular weight excluding hydrogens is 560 g/mol. The van der Waals surface area contributed by atoms with Crippen molar-refractivity contribution in [1.29, 1.82) is 0 Å². The van der Waals surface area contributed by atoms with Gasteiger partial charge in [-0.25, -0.2) is 4.79 Å². The highest BCUT2D eigenvalue weighted by Crippen LogP contribution is 2.46. The van der Waals surface area contributed by atoms with Crippen LogP contribution in [0.2, 0.25) is 0 Å². The second-order valence-corrected chi connectivity index (χ2v) is 11.4. The van der Waals surface area contributed by atoms with E-state index in [9.17, 15) is 24.3 Å². The average molecular weight is 599 g/mol. The van der Waals surface area contributed by atoms with Gasteiger partial charge in [0.05, 0.1) is 31.2 Å². The Bertz CT molecular complexity index is 1320. The van der Waals surface area contributed by atoms with Crippen LogP contribution in [0.5, 0.6) is 5.75 Å². The first-order valence-corrected chi connectivity index (χ1v) is 14.3. The lowest BCUT2D eigenvalue weighted by atomic mass is 9.74. The highest BCUT2D eigenvalue weighted by molar-refractivity contribution is 5.96. The largest absolute Gasteiger partial charge is 0.489 e. The summed E-state index contributed by atoms with van der Waals surface area (Å²) in [6.45, 7) is 3.11. The van der Waals surface area contributed by atoms with Crippen molar-refractivity contribution in [2.75, 3.05) is 37.7 Å². The van der Waals surface area contributed by atoms with E-state index in [2.05, 4.69) is 29.2 Å². The minimum absolute atomic E-state index is 0.0660. The second-order valence-electron chi connectivity index (χ2n) is 11.4. The van der Waals surface area contributed by atoms with Crippen molar-refractivity contribution in [2.24, 2.45) is 0 Å². The number of piperidine rings is 1. The first-order valence-electron chi connectivity index (χ1n) is 14.3. The molecule has 0 saturated carbocycles. The van der Waals surface area contributed by atoms with Gasteiger partial charge in [-0.3, -0.25) is 14.4 Å². The van der Waals surface area contributed by atoms with Gasteiger partial charge in [-0.05, 0) is 67.4 Å². The molecule has 12 heteroatoms. The molecule has 1 saturated heterocycles. The third-order valence-corrected chi connectivity index (χ3v) is 8.60. The summed E-state index contributed by atoms with van der Waals surface area (Å²) in [5, 5.41) is 43.6. The zero-order valence-corrected chi connectivity index (χ0v) is 23.9. The number of aliphatic hydroxyl groups excluding tert-OH is 1. The maximum absolute atomic E-state index is 13.1. The molecular formula is C31H38N2O10. The molecule has 1 aliphatic carbocycles. The number of carboxylic acid groups (broad SMARTS) is 3. The quantitative estimate of drug-likeness (QED) is 0.284. The molecule has 5 N–H and O–H groups in total. The summed E-state index contributed by atoms with van der Waals surface area (Å²) >= 11 is 0. The van der Waals surface area contributed by atoms with Crippen LogP contribution < -0.4 is 9.64 Å². The molecule has 43 heavy (non-hydrogen) atoms. The van der Waals surface area contributed by atoms with Gasteiger partial charge in [0.1, 0.15) is 12.4 Å². The Labute approximate surface area is 249 Å². The number of carboxylic acids is 3. The smallest absolute Gasteiger partial charge is 0.336 e. The Balaban J connectivity index is 0.000000277. The molecule has 2 aliphatic heterocycles. The van der Waals surface area contributed by atoms with E-state index in [0.717, 1.165) is 31.1 Å². The number of anilines is 1. The van der Waals surface area contributed by atoms with E-state index in [-0.39, 0.29) is 18.6 Å². The molecule has 5 rings (SSSR count). The number of para-hydroxylation sites is 2. The van der Waals surface area contributed by atoms with Crippen LogP contribution in [0.1, 0.15) is 49.7 Å². The summed E-state index contributed by atoms with van der Waals surface area (Å²) in [5.41, 5.74) is 1.48. The number of hydrogen-bond donors (Lipinski definition) is 5. The van der Waals surface area contributed by atoms with Gasteiger partial charge in [-0.2, -0.15) is 0 Å². The van der Waals surface area contributed by atoms with E-state index in [4.69, 9.17) is 25.2 Å². The molecule has 0 bridgehead atoms. The molecule has 1 amide bonds. The predicted molar refractivity (Wildman–Crippen MR) is 154 cm³/mol. The van der Waals surface area contributed by atoms with E-state index < -0.39 is 36.4 Å². The lowest BCUT2D eigenvalue weighted by Gasteiger charge is -2.41. The first kappa shape index (κ1) is 31.9. The number of amides is 1. The third-order valence-electron chi connectivity index (χ3n) is 8.60. The number of hydrogen-bond acceptors (Lipinski definition) is 8. The van der Waals surface area contributed by atoms with E-state index in [1.54, 1.807) is 10.5 Å². The minimum Gasteiger partial charge on any atom is -0.489 e. The number of carbonyl (C=O) groups is 4. The monoisotopic (exact) mass is 598 g/mol. The fourth-order valence-electron chi connectivity index (χ4n) is 6.28. The van der Waals surface area contributed by atoms with Crippen molar-refractivity contribution in [2.45, 2.75) is 62.0 Å². The number of rotatable bonds is 9. The molecule has 0 radical (unpaired) electrons. The number of aryl methyl sites for hydroxylation is 1. The van der Waals surface area contributed by atoms with E-state index in [1.807, 2.05) is 24.3 Å². The molecule has 0 aromatic heterocycles. The zero-order valence-electron chi connectivity index (χ0n) is 23.9. The van der Waals surface area contributed by atoms with Crippen LogP contribution in [0, 0.1) is 0 Å². The maximum atomic E-state index is 13.1. The van der Waals surface area contributed by atoms with Gasteiger partial charge >= 0.3 is 17.9 Å². The fourth-order valence-corrected chi connectivity index (χ4v) is 6.28. The van der Waals surface area contributed by atoms with Crippen molar-refractivity contribution in [3.8, 4) is 5.75 Å². The number of nitrogens with zero attached hydrogens (tertiary/aromatic N) is 2. The molecule has 2 heterocycles. The maximum Gasteiger partial charge on any atom is 0.336 e. The number of fused-ring (bicyclic) bond motifs is 3. The van der Waals surface area contributed by atoms with Gasteiger partial charge in [0.15, 0.2) is 5.60 Å².